The van der Waals surface area contributed by atoms with E-state index in [1.807, 2.05) is 24.3 Å². The van der Waals surface area contributed by atoms with Gasteiger partial charge in [0.1, 0.15) is 12.4 Å². The monoisotopic (exact) mass is 309 g/mol. The lowest BCUT2D eigenvalue weighted by Crippen LogP contribution is -2.19. The largest absolute Gasteiger partial charge is 0.488 e. The molecule has 0 aliphatic carbocycles. The third-order valence-corrected chi connectivity index (χ3v) is 4.27. The lowest BCUT2D eigenvalue weighted by Gasteiger charge is -2.15. The molecule has 1 aromatic carbocycles. The summed E-state index contributed by atoms with van der Waals surface area (Å²) in [6.07, 6.45) is 1.14. The molecule has 0 saturated heterocycles. The van der Waals surface area contributed by atoms with E-state index in [0.29, 0.717) is 12.6 Å². The van der Waals surface area contributed by atoms with Crippen molar-refractivity contribution in [1.82, 2.24) is 5.32 Å². The third kappa shape index (κ3) is 4.51. The van der Waals surface area contributed by atoms with Gasteiger partial charge in [-0.05, 0) is 49.7 Å². The van der Waals surface area contributed by atoms with E-state index in [1.54, 1.807) is 11.3 Å². The first-order valence-electron chi connectivity index (χ1n) is 6.89. The molecule has 1 unspecified atom stereocenters. The van der Waals surface area contributed by atoms with Gasteiger partial charge in [-0.1, -0.05) is 30.7 Å². The van der Waals surface area contributed by atoms with Gasteiger partial charge >= 0.3 is 0 Å². The first kappa shape index (κ1) is 15.4. The van der Waals surface area contributed by atoms with Gasteiger partial charge in [-0.2, -0.15) is 0 Å². The van der Waals surface area contributed by atoms with Crippen LogP contribution in [0, 0.1) is 0 Å². The highest BCUT2D eigenvalue weighted by atomic mass is 35.5. The van der Waals surface area contributed by atoms with Crippen LogP contribution in [0.2, 0.25) is 4.34 Å². The Balaban J connectivity index is 1.95. The van der Waals surface area contributed by atoms with E-state index in [-0.39, 0.29) is 0 Å². The smallest absolute Gasteiger partial charge is 0.122 e. The molecule has 2 aromatic rings. The third-order valence-electron chi connectivity index (χ3n) is 3.07. The fraction of sp³-hybridized carbons (Fsp3) is 0.375. The molecule has 0 saturated carbocycles. The Bertz CT molecular complexity index is 541. The molecule has 0 spiro atoms. The van der Waals surface area contributed by atoms with Gasteiger partial charge in [-0.25, -0.2) is 0 Å². The van der Waals surface area contributed by atoms with Crippen molar-refractivity contribution in [2.45, 2.75) is 32.9 Å². The summed E-state index contributed by atoms with van der Waals surface area (Å²) >= 11 is 7.47. The molecule has 0 radical (unpaired) electrons. The van der Waals surface area contributed by atoms with Gasteiger partial charge in [0.15, 0.2) is 0 Å². The molecule has 1 aromatic heterocycles. The molecule has 2 rings (SSSR count). The van der Waals surface area contributed by atoms with Crippen LogP contribution >= 0.6 is 22.9 Å². The van der Waals surface area contributed by atoms with Crippen LogP contribution in [0.5, 0.6) is 5.75 Å². The summed E-state index contributed by atoms with van der Waals surface area (Å²) in [5.41, 5.74) is 1.25. The standard InChI is InChI=1S/C16H20ClNOS/c1-3-9-18-12(2)13-5-4-6-14(10-13)19-11-15-7-8-16(17)20-15/h4-8,10,12,18H,3,9,11H2,1-2H3. The van der Waals surface area contributed by atoms with Gasteiger partial charge in [0.25, 0.3) is 0 Å². The molecule has 1 heterocycles. The second-order valence-corrected chi connectivity index (χ2v) is 6.54. The zero-order valence-corrected chi connectivity index (χ0v) is 13.4. The predicted molar refractivity (Wildman–Crippen MR) is 86.8 cm³/mol. The van der Waals surface area contributed by atoms with Gasteiger partial charge in [-0.15, -0.1) is 11.3 Å². The van der Waals surface area contributed by atoms with E-state index in [1.165, 1.54) is 5.56 Å². The minimum absolute atomic E-state index is 0.342. The molecule has 20 heavy (non-hydrogen) atoms. The first-order valence-corrected chi connectivity index (χ1v) is 8.09. The molecule has 108 valence electrons. The van der Waals surface area contributed by atoms with E-state index in [2.05, 4.69) is 31.3 Å². The van der Waals surface area contributed by atoms with E-state index < -0.39 is 0 Å². The maximum Gasteiger partial charge on any atom is 0.122 e. The Kier molecular flexibility index (Phi) is 5.89. The number of nitrogens with one attached hydrogen (secondary N) is 1. The van der Waals surface area contributed by atoms with Gasteiger partial charge in [0.05, 0.1) is 4.34 Å². The fourth-order valence-corrected chi connectivity index (χ4v) is 2.94. The second-order valence-electron chi connectivity index (χ2n) is 4.74. The van der Waals surface area contributed by atoms with Crippen molar-refractivity contribution in [1.29, 1.82) is 0 Å². The molecule has 2 nitrogen and oxygen atoms in total. The summed E-state index contributed by atoms with van der Waals surface area (Å²) in [5, 5.41) is 3.48. The van der Waals surface area contributed by atoms with Crippen LogP contribution in [-0.2, 0) is 6.61 Å². The maximum atomic E-state index is 5.91. The summed E-state index contributed by atoms with van der Waals surface area (Å²) < 4.78 is 6.63. The van der Waals surface area contributed by atoms with Crippen LogP contribution < -0.4 is 10.1 Å². The van der Waals surface area contributed by atoms with Crippen molar-refractivity contribution in [3.63, 3.8) is 0 Å². The minimum atomic E-state index is 0.342. The molecule has 0 bridgehead atoms. The van der Waals surface area contributed by atoms with Crippen molar-refractivity contribution < 1.29 is 4.74 Å². The molecule has 1 N–H and O–H groups in total. The van der Waals surface area contributed by atoms with Crippen molar-refractivity contribution in [2.75, 3.05) is 6.54 Å². The summed E-state index contributed by atoms with van der Waals surface area (Å²) in [5.74, 6) is 0.900. The van der Waals surface area contributed by atoms with Crippen molar-refractivity contribution >= 4 is 22.9 Å². The van der Waals surface area contributed by atoms with Gasteiger partial charge in [0.2, 0.25) is 0 Å². The molecule has 0 amide bonds. The van der Waals surface area contributed by atoms with E-state index >= 15 is 0 Å². The van der Waals surface area contributed by atoms with E-state index in [0.717, 1.165) is 27.9 Å². The lowest BCUT2D eigenvalue weighted by molar-refractivity contribution is 0.309. The number of ether oxygens (including phenoxy) is 1. The second kappa shape index (κ2) is 7.67. The van der Waals surface area contributed by atoms with Crippen LogP contribution in [-0.4, -0.2) is 6.54 Å². The molecular formula is C16H20ClNOS. The molecular weight excluding hydrogens is 290 g/mol. The average molecular weight is 310 g/mol. The Hall–Kier alpha value is -1.03. The van der Waals surface area contributed by atoms with Crippen LogP contribution in [0.15, 0.2) is 36.4 Å². The zero-order valence-electron chi connectivity index (χ0n) is 11.9. The zero-order chi connectivity index (χ0) is 14.4. The summed E-state index contributed by atoms with van der Waals surface area (Å²) in [4.78, 5) is 1.14. The quantitative estimate of drug-likeness (QED) is 0.773. The van der Waals surface area contributed by atoms with Crippen molar-refractivity contribution in [3.05, 3.63) is 51.2 Å². The molecule has 0 aliphatic rings. The summed E-state index contributed by atoms with van der Waals surface area (Å²) in [6.45, 7) is 5.94. The fourth-order valence-electron chi connectivity index (χ4n) is 1.94. The number of rotatable bonds is 7. The normalized spacial score (nSPS) is 12.3. The first-order chi connectivity index (χ1) is 9.69. The number of hydrogen-bond donors (Lipinski definition) is 1. The molecule has 4 heteroatoms. The Labute approximate surface area is 129 Å². The Morgan fingerprint density at radius 1 is 1.30 bits per heavy atom. The number of benzene rings is 1. The average Bonchev–Trinajstić information content (AvgIpc) is 2.88. The number of halogens is 1. The topological polar surface area (TPSA) is 21.3 Å². The Morgan fingerprint density at radius 2 is 2.15 bits per heavy atom. The van der Waals surface area contributed by atoms with Crippen LogP contribution in [0.3, 0.4) is 0 Å². The van der Waals surface area contributed by atoms with E-state index in [9.17, 15) is 0 Å². The Morgan fingerprint density at radius 3 is 2.85 bits per heavy atom. The van der Waals surface area contributed by atoms with Crippen LogP contribution in [0.25, 0.3) is 0 Å². The van der Waals surface area contributed by atoms with E-state index in [4.69, 9.17) is 16.3 Å². The van der Waals surface area contributed by atoms with Crippen molar-refractivity contribution in [3.8, 4) is 5.75 Å². The number of hydrogen-bond acceptors (Lipinski definition) is 3. The van der Waals surface area contributed by atoms with Gasteiger partial charge in [0, 0.05) is 10.9 Å². The van der Waals surface area contributed by atoms with Gasteiger partial charge < -0.3 is 10.1 Å². The number of thiophene rings is 1. The maximum absolute atomic E-state index is 5.91. The molecule has 0 aliphatic heterocycles. The molecule has 0 fully saturated rings. The van der Waals surface area contributed by atoms with Gasteiger partial charge in [-0.3, -0.25) is 0 Å². The van der Waals surface area contributed by atoms with Crippen LogP contribution in [0.1, 0.15) is 36.8 Å². The predicted octanol–water partition coefficient (Wildman–Crippen LogP) is 5.04. The van der Waals surface area contributed by atoms with Crippen molar-refractivity contribution in [2.24, 2.45) is 0 Å². The minimum Gasteiger partial charge on any atom is -0.488 e. The molecule has 1 atom stereocenters. The summed E-state index contributed by atoms with van der Waals surface area (Å²) in [7, 11) is 0. The SMILES string of the molecule is CCCNC(C)c1cccc(OCc2ccc(Cl)s2)c1. The highest BCUT2D eigenvalue weighted by Gasteiger charge is 2.06. The highest BCUT2D eigenvalue weighted by Crippen LogP contribution is 2.24. The summed E-state index contributed by atoms with van der Waals surface area (Å²) in [6, 6.07) is 12.5. The lowest BCUT2D eigenvalue weighted by atomic mass is 10.1. The highest BCUT2D eigenvalue weighted by molar-refractivity contribution is 7.16. The van der Waals surface area contributed by atoms with Crippen LogP contribution in [0.4, 0.5) is 0 Å².